The number of hydrogen-bond donors (Lipinski definition) is 1. The monoisotopic (exact) mass is 261 g/mol. The topological polar surface area (TPSA) is 64.9 Å². The van der Waals surface area contributed by atoms with Crippen molar-refractivity contribution in [2.45, 2.75) is 63.3 Å². The maximum Gasteiger partial charge on any atom is 0.229 e. The van der Waals surface area contributed by atoms with Crippen LogP contribution in [0.3, 0.4) is 0 Å². The van der Waals surface area contributed by atoms with Gasteiger partial charge in [-0.3, -0.25) is 0 Å². The van der Waals surface area contributed by atoms with Crippen LogP contribution in [0.4, 0.5) is 0 Å². The molecule has 19 heavy (non-hydrogen) atoms. The first-order valence-electron chi connectivity index (χ1n) is 7.77. The lowest BCUT2D eigenvalue weighted by atomic mass is 9.76. The van der Waals surface area contributed by atoms with Gasteiger partial charge in [-0.2, -0.15) is 4.98 Å². The van der Waals surface area contributed by atoms with E-state index in [4.69, 9.17) is 10.3 Å². The number of aromatic nitrogens is 2. The minimum Gasteiger partial charge on any atom is -0.339 e. The Bertz CT molecular complexity index is 475. The van der Waals surface area contributed by atoms with Crippen molar-refractivity contribution in [3.63, 3.8) is 0 Å². The van der Waals surface area contributed by atoms with Gasteiger partial charge in [0.05, 0.1) is 5.54 Å². The van der Waals surface area contributed by atoms with Gasteiger partial charge in [0.15, 0.2) is 5.82 Å². The highest BCUT2D eigenvalue weighted by atomic mass is 16.5. The summed E-state index contributed by atoms with van der Waals surface area (Å²) in [6.45, 7) is 2.27. The van der Waals surface area contributed by atoms with Crippen molar-refractivity contribution in [3.05, 3.63) is 11.7 Å². The van der Waals surface area contributed by atoms with Crippen LogP contribution >= 0.6 is 0 Å². The minimum atomic E-state index is -0.346. The van der Waals surface area contributed by atoms with Gasteiger partial charge in [0.1, 0.15) is 0 Å². The van der Waals surface area contributed by atoms with E-state index in [1.54, 1.807) is 0 Å². The van der Waals surface area contributed by atoms with E-state index in [2.05, 4.69) is 17.1 Å². The van der Waals surface area contributed by atoms with Gasteiger partial charge in [0, 0.05) is 5.92 Å². The molecule has 1 aromatic rings. The van der Waals surface area contributed by atoms with Gasteiger partial charge in [-0.25, -0.2) is 0 Å². The molecule has 4 heteroatoms. The van der Waals surface area contributed by atoms with Crippen LogP contribution in [0.5, 0.6) is 0 Å². The maximum absolute atomic E-state index is 6.53. The molecule has 0 spiro atoms. The SMILES string of the molecule is CC1CCCC(N)(c2noc(C3CC4CC4C3)n2)C1. The molecular weight excluding hydrogens is 238 g/mol. The highest BCUT2D eigenvalue weighted by Crippen LogP contribution is 2.57. The smallest absolute Gasteiger partial charge is 0.229 e. The molecule has 3 aliphatic carbocycles. The van der Waals surface area contributed by atoms with Crippen molar-refractivity contribution in [2.24, 2.45) is 23.5 Å². The molecule has 1 aromatic heterocycles. The molecule has 3 fully saturated rings. The summed E-state index contributed by atoms with van der Waals surface area (Å²) in [5.41, 5.74) is 6.19. The summed E-state index contributed by atoms with van der Waals surface area (Å²) in [7, 11) is 0. The number of nitrogens with zero attached hydrogens (tertiary/aromatic N) is 2. The number of fused-ring (bicyclic) bond motifs is 1. The lowest BCUT2D eigenvalue weighted by Crippen LogP contribution is -2.42. The lowest BCUT2D eigenvalue weighted by molar-refractivity contribution is 0.221. The predicted octanol–water partition coefficient (Wildman–Crippen LogP) is 2.95. The van der Waals surface area contributed by atoms with E-state index < -0.39 is 0 Å². The molecule has 1 heterocycles. The zero-order valence-electron chi connectivity index (χ0n) is 11.6. The second kappa shape index (κ2) is 4.05. The summed E-state index contributed by atoms with van der Waals surface area (Å²) in [5.74, 6) is 4.68. The van der Waals surface area contributed by atoms with Crippen LogP contribution in [0.15, 0.2) is 4.52 Å². The Morgan fingerprint density at radius 2 is 2.05 bits per heavy atom. The molecule has 0 aliphatic heterocycles. The van der Waals surface area contributed by atoms with Crippen LogP contribution in [-0.2, 0) is 5.54 Å². The largest absolute Gasteiger partial charge is 0.339 e. The standard InChI is InChI=1S/C15H23N3O/c1-9-3-2-4-15(16,8-9)14-17-13(19-18-14)12-6-10-5-11(10)7-12/h9-12H,2-8,16H2,1H3. The molecule has 104 valence electrons. The first kappa shape index (κ1) is 11.9. The van der Waals surface area contributed by atoms with Crippen molar-refractivity contribution < 1.29 is 4.52 Å². The summed E-state index contributed by atoms with van der Waals surface area (Å²) in [6.07, 6.45) is 8.36. The Balaban J connectivity index is 1.53. The lowest BCUT2D eigenvalue weighted by Gasteiger charge is -2.33. The fraction of sp³-hybridized carbons (Fsp3) is 0.867. The molecule has 4 nitrogen and oxygen atoms in total. The molecular formula is C15H23N3O. The third-order valence-electron chi connectivity index (χ3n) is 5.51. The molecule has 3 saturated carbocycles. The van der Waals surface area contributed by atoms with E-state index in [0.717, 1.165) is 36.4 Å². The molecule has 0 aromatic carbocycles. The van der Waals surface area contributed by atoms with Gasteiger partial charge in [-0.1, -0.05) is 24.9 Å². The average molecular weight is 261 g/mol. The highest BCUT2D eigenvalue weighted by molar-refractivity contribution is 5.11. The van der Waals surface area contributed by atoms with E-state index in [1.165, 1.54) is 32.1 Å². The van der Waals surface area contributed by atoms with Crippen LogP contribution in [0.2, 0.25) is 0 Å². The normalized spacial score (nSPS) is 45.2. The van der Waals surface area contributed by atoms with Gasteiger partial charge in [-0.15, -0.1) is 0 Å². The fourth-order valence-corrected chi connectivity index (χ4v) is 4.31. The highest BCUT2D eigenvalue weighted by Gasteiger charge is 2.48. The number of nitrogens with two attached hydrogens (primary N) is 1. The fourth-order valence-electron chi connectivity index (χ4n) is 4.31. The van der Waals surface area contributed by atoms with Crippen LogP contribution in [-0.4, -0.2) is 10.1 Å². The van der Waals surface area contributed by atoms with E-state index >= 15 is 0 Å². The van der Waals surface area contributed by atoms with Crippen molar-refractivity contribution >= 4 is 0 Å². The molecule has 3 aliphatic rings. The van der Waals surface area contributed by atoms with E-state index in [-0.39, 0.29) is 5.54 Å². The molecule has 4 unspecified atom stereocenters. The molecule has 0 amide bonds. The maximum atomic E-state index is 6.53. The van der Waals surface area contributed by atoms with Gasteiger partial charge in [0.2, 0.25) is 5.89 Å². The minimum absolute atomic E-state index is 0.346. The van der Waals surface area contributed by atoms with Gasteiger partial charge < -0.3 is 10.3 Å². The summed E-state index contributed by atoms with van der Waals surface area (Å²) in [5, 5.41) is 4.22. The Morgan fingerprint density at radius 3 is 2.79 bits per heavy atom. The molecule has 4 atom stereocenters. The van der Waals surface area contributed by atoms with Gasteiger partial charge in [0.25, 0.3) is 0 Å². The van der Waals surface area contributed by atoms with E-state index in [0.29, 0.717) is 11.8 Å². The molecule has 4 rings (SSSR count). The summed E-state index contributed by atoms with van der Waals surface area (Å²) in [4.78, 5) is 4.67. The summed E-state index contributed by atoms with van der Waals surface area (Å²) < 4.78 is 5.53. The molecule has 0 radical (unpaired) electrons. The Hall–Kier alpha value is -0.900. The zero-order valence-corrected chi connectivity index (χ0v) is 11.6. The summed E-state index contributed by atoms with van der Waals surface area (Å²) >= 11 is 0. The molecule has 2 N–H and O–H groups in total. The third kappa shape index (κ3) is 2.00. The van der Waals surface area contributed by atoms with E-state index in [1.807, 2.05) is 0 Å². The summed E-state index contributed by atoms with van der Waals surface area (Å²) in [6, 6.07) is 0. The second-order valence-corrected chi connectivity index (χ2v) is 7.24. The van der Waals surface area contributed by atoms with E-state index in [9.17, 15) is 0 Å². The molecule has 0 saturated heterocycles. The quantitative estimate of drug-likeness (QED) is 0.889. The first-order valence-corrected chi connectivity index (χ1v) is 7.77. The first-order chi connectivity index (χ1) is 9.14. The zero-order chi connectivity index (χ0) is 13.0. The Kier molecular flexibility index (Phi) is 2.53. The van der Waals surface area contributed by atoms with Crippen molar-refractivity contribution in [3.8, 4) is 0 Å². The van der Waals surface area contributed by atoms with Crippen molar-refractivity contribution in [2.75, 3.05) is 0 Å². The van der Waals surface area contributed by atoms with Crippen molar-refractivity contribution in [1.29, 1.82) is 0 Å². The van der Waals surface area contributed by atoms with Crippen LogP contribution in [0, 0.1) is 17.8 Å². The van der Waals surface area contributed by atoms with Crippen LogP contribution in [0.1, 0.15) is 69.5 Å². The molecule has 0 bridgehead atoms. The third-order valence-corrected chi connectivity index (χ3v) is 5.51. The van der Waals surface area contributed by atoms with Crippen LogP contribution < -0.4 is 5.73 Å². The van der Waals surface area contributed by atoms with Gasteiger partial charge in [-0.05, 0) is 49.9 Å². The van der Waals surface area contributed by atoms with Gasteiger partial charge >= 0.3 is 0 Å². The number of rotatable bonds is 2. The number of hydrogen-bond acceptors (Lipinski definition) is 4. The predicted molar refractivity (Wildman–Crippen MR) is 71.4 cm³/mol. The Labute approximate surface area is 114 Å². The van der Waals surface area contributed by atoms with Crippen LogP contribution in [0.25, 0.3) is 0 Å². The second-order valence-electron chi connectivity index (χ2n) is 7.24. The van der Waals surface area contributed by atoms with Crippen molar-refractivity contribution in [1.82, 2.24) is 10.1 Å². The Morgan fingerprint density at radius 1 is 1.26 bits per heavy atom. The average Bonchev–Trinajstić information content (AvgIpc) is 2.82.